The van der Waals surface area contributed by atoms with E-state index in [0.717, 1.165) is 44.9 Å². The maximum atomic E-state index is 9.63. The summed E-state index contributed by atoms with van der Waals surface area (Å²) in [6, 6.07) is 2.15. The molecule has 0 aromatic carbocycles. The summed E-state index contributed by atoms with van der Waals surface area (Å²) in [5.41, 5.74) is 0. The molecule has 0 bridgehead atoms. The Labute approximate surface area is 94.3 Å². The largest absolute Gasteiger partial charge is 0.393 e. The highest BCUT2D eigenvalue weighted by molar-refractivity contribution is 4.68. The van der Waals surface area contributed by atoms with Crippen molar-refractivity contribution in [2.24, 2.45) is 0 Å². The Morgan fingerprint density at radius 2 is 1.60 bits per heavy atom. The van der Waals surface area contributed by atoms with Gasteiger partial charge in [-0.3, -0.25) is 0 Å². The third-order valence-electron chi connectivity index (χ3n) is 2.72. The summed E-state index contributed by atoms with van der Waals surface area (Å²) >= 11 is 0. The molecule has 1 atom stereocenters. The smallest absolute Gasteiger partial charge is 0.0621 e. The van der Waals surface area contributed by atoms with Crippen molar-refractivity contribution in [3.63, 3.8) is 0 Å². The van der Waals surface area contributed by atoms with Gasteiger partial charge in [0.1, 0.15) is 0 Å². The molecule has 0 aromatic rings. The third-order valence-corrected chi connectivity index (χ3v) is 2.72. The fraction of sp³-hybridized carbons (Fsp3) is 0.923. The van der Waals surface area contributed by atoms with Gasteiger partial charge in [-0.25, -0.2) is 0 Å². The van der Waals surface area contributed by atoms with E-state index in [1.165, 1.54) is 12.8 Å². The first-order chi connectivity index (χ1) is 7.31. The highest BCUT2D eigenvalue weighted by Crippen LogP contribution is 2.11. The van der Waals surface area contributed by atoms with Gasteiger partial charge in [-0.15, -0.1) is 0 Å². The monoisotopic (exact) mass is 211 g/mol. The summed E-state index contributed by atoms with van der Waals surface area (Å²) in [5.74, 6) is 0. The molecule has 0 amide bonds. The molecule has 1 N–H and O–H groups in total. The van der Waals surface area contributed by atoms with Crippen molar-refractivity contribution in [3.05, 3.63) is 0 Å². The van der Waals surface area contributed by atoms with Crippen LogP contribution in [0.25, 0.3) is 0 Å². The second kappa shape index (κ2) is 11.5. The highest BCUT2D eigenvalue weighted by atomic mass is 16.3. The molecule has 0 saturated carbocycles. The van der Waals surface area contributed by atoms with E-state index in [0.29, 0.717) is 6.42 Å². The molecule has 0 aliphatic heterocycles. The minimum atomic E-state index is -0.0903. The average Bonchev–Trinajstić information content (AvgIpc) is 2.23. The summed E-state index contributed by atoms with van der Waals surface area (Å²) < 4.78 is 0. The quantitative estimate of drug-likeness (QED) is 0.559. The van der Waals surface area contributed by atoms with Gasteiger partial charge in [0.05, 0.1) is 12.2 Å². The zero-order valence-electron chi connectivity index (χ0n) is 10.0. The Morgan fingerprint density at radius 1 is 1.00 bits per heavy atom. The molecular formula is C13H25NO. The van der Waals surface area contributed by atoms with Crippen LogP contribution in [0.1, 0.15) is 71.1 Å². The van der Waals surface area contributed by atoms with Crippen molar-refractivity contribution in [1.29, 1.82) is 5.26 Å². The zero-order chi connectivity index (χ0) is 11.4. The molecule has 0 saturated heterocycles. The normalized spacial score (nSPS) is 12.3. The molecule has 0 fully saturated rings. The van der Waals surface area contributed by atoms with E-state index >= 15 is 0 Å². The van der Waals surface area contributed by atoms with Gasteiger partial charge < -0.3 is 5.11 Å². The van der Waals surface area contributed by atoms with E-state index in [-0.39, 0.29) is 6.10 Å². The van der Waals surface area contributed by atoms with Gasteiger partial charge >= 0.3 is 0 Å². The number of nitrogens with zero attached hydrogens (tertiary/aromatic N) is 1. The van der Waals surface area contributed by atoms with Crippen LogP contribution >= 0.6 is 0 Å². The summed E-state index contributed by atoms with van der Waals surface area (Å²) in [5, 5.41) is 18.0. The highest BCUT2D eigenvalue weighted by Gasteiger charge is 2.02. The second-order valence-electron chi connectivity index (χ2n) is 4.26. The predicted octanol–water partition coefficient (Wildman–Crippen LogP) is 3.79. The first kappa shape index (κ1) is 14.5. The minimum absolute atomic E-state index is 0.0903. The van der Waals surface area contributed by atoms with Crippen LogP contribution in [0.15, 0.2) is 0 Å². The van der Waals surface area contributed by atoms with E-state index in [1.807, 2.05) is 0 Å². The third kappa shape index (κ3) is 11.4. The topological polar surface area (TPSA) is 44.0 Å². The summed E-state index contributed by atoms with van der Waals surface area (Å²) in [4.78, 5) is 0. The lowest BCUT2D eigenvalue weighted by molar-refractivity contribution is 0.147. The van der Waals surface area contributed by atoms with Gasteiger partial charge in [-0.1, -0.05) is 45.4 Å². The van der Waals surface area contributed by atoms with Crippen molar-refractivity contribution in [1.82, 2.24) is 0 Å². The molecule has 2 nitrogen and oxygen atoms in total. The van der Waals surface area contributed by atoms with E-state index < -0.39 is 0 Å². The standard InChI is InChI=1S/C13H25NO/c1-2-3-7-10-13(15)11-8-5-4-6-9-12-14/h13,15H,2-11H2,1H3. The SMILES string of the molecule is CCCCCC(O)CCCCCCC#N. The van der Waals surface area contributed by atoms with Crippen molar-refractivity contribution < 1.29 is 5.11 Å². The zero-order valence-corrected chi connectivity index (χ0v) is 10.0. The lowest BCUT2D eigenvalue weighted by Crippen LogP contribution is -2.05. The van der Waals surface area contributed by atoms with Crippen LogP contribution in [0.3, 0.4) is 0 Å². The lowest BCUT2D eigenvalue weighted by atomic mass is 10.0. The van der Waals surface area contributed by atoms with Gasteiger partial charge in [0, 0.05) is 6.42 Å². The van der Waals surface area contributed by atoms with E-state index in [9.17, 15) is 5.11 Å². The number of nitriles is 1. The van der Waals surface area contributed by atoms with Gasteiger partial charge in [0.25, 0.3) is 0 Å². The van der Waals surface area contributed by atoms with Crippen LogP contribution in [0, 0.1) is 11.3 Å². The average molecular weight is 211 g/mol. The van der Waals surface area contributed by atoms with E-state index in [4.69, 9.17) is 5.26 Å². The van der Waals surface area contributed by atoms with Crippen LogP contribution in [0.2, 0.25) is 0 Å². The minimum Gasteiger partial charge on any atom is -0.393 e. The van der Waals surface area contributed by atoms with Crippen LogP contribution in [-0.4, -0.2) is 11.2 Å². The van der Waals surface area contributed by atoms with Crippen molar-refractivity contribution in [2.45, 2.75) is 77.2 Å². The molecular weight excluding hydrogens is 186 g/mol. The van der Waals surface area contributed by atoms with Gasteiger partial charge in [-0.05, 0) is 19.3 Å². The molecule has 0 aliphatic rings. The molecule has 0 aromatic heterocycles. The number of aliphatic hydroxyl groups excluding tert-OH is 1. The lowest BCUT2D eigenvalue weighted by Gasteiger charge is -2.09. The van der Waals surface area contributed by atoms with Gasteiger partial charge in [-0.2, -0.15) is 5.26 Å². The maximum absolute atomic E-state index is 9.63. The summed E-state index contributed by atoms with van der Waals surface area (Å²) in [6.45, 7) is 2.18. The molecule has 0 spiro atoms. The Bertz CT molecular complexity index is 162. The van der Waals surface area contributed by atoms with Crippen LogP contribution < -0.4 is 0 Å². The van der Waals surface area contributed by atoms with Gasteiger partial charge in [0.2, 0.25) is 0 Å². The number of rotatable bonds is 10. The molecule has 0 rings (SSSR count). The molecule has 2 heteroatoms. The van der Waals surface area contributed by atoms with E-state index in [2.05, 4.69) is 13.0 Å². The molecule has 15 heavy (non-hydrogen) atoms. The molecule has 0 heterocycles. The fourth-order valence-electron chi connectivity index (χ4n) is 1.71. The van der Waals surface area contributed by atoms with Crippen LogP contribution in [-0.2, 0) is 0 Å². The van der Waals surface area contributed by atoms with Crippen molar-refractivity contribution >= 4 is 0 Å². The van der Waals surface area contributed by atoms with Crippen LogP contribution in [0.5, 0.6) is 0 Å². The Hall–Kier alpha value is -0.550. The second-order valence-corrected chi connectivity index (χ2v) is 4.26. The first-order valence-corrected chi connectivity index (χ1v) is 6.36. The first-order valence-electron chi connectivity index (χ1n) is 6.36. The number of hydrogen-bond donors (Lipinski definition) is 1. The number of unbranched alkanes of at least 4 members (excludes halogenated alkanes) is 6. The van der Waals surface area contributed by atoms with E-state index in [1.54, 1.807) is 0 Å². The van der Waals surface area contributed by atoms with Gasteiger partial charge in [0.15, 0.2) is 0 Å². The fourth-order valence-corrected chi connectivity index (χ4v) is 1.71. The number of aliphatic hydroxyl groups is 1. The van der Waals surface area contributed by atoms with Crippen molar-refractivity contribution in [2.75, 3.05) is 0 Å². The molecule has 0 radical (unpaired) electrons. The molecule has 1 unspecified atom stereocenters. The maximum Gasteiger partial charge on any atom is 0.0621 e. The van der Waals surface area contributed by atoms with Crippen LogP contribution in [0.4, 0.5) is 0 Å². The molecule has 0 aliphatic carbocycles. The van der Waals surface area contributed by atoms with Crippen molar-refractivity contribution in [3.8, 4) is 6.07 Å². The Balaban J connectivity index is 3.10. The Kier molecular flexibility index (Phi) is 11.1. The summed E-state index contributed by atoms with van der Waals surface area (Å²) in [6.07, 6.45) is 10.5. The predicted molar refractivity (Wildman–Crippen MR) is 63.5 cm³/mol. The number of hydrogen-bond acceptors (Lipinski definition) is 2. The Morgan fingerprint density at radius 3 is 2.20 bits per heavy atom. The summed E-state index contributed by atoms with van der Waals surface area (Å²) in [7, 11) is 0. The molecule has 88 valence electrons.